The van der Waals surface area contributed by atoms with E-state index in [1.807, 2.05) is 0 Å². The van der Waals surface area contributed by atoms with E-state index in [0.717, 1.165) is 35.6 Å². The van der Waals surface area contributed by atoms with Crippen molar-refractivity contribution in [2.45, 2.75) is 91.0 Å². The van der Waals surface area contributed by atoms with Crippen molar-refractivity contribution in [1.29, 1.82) is 0 Å². The lowest BCUT2D eigenvalue weighted by atomic mass is 9.67. The Balaban J connectivity index is 1.82. The van der Waals surface area contributed by atoms with Crippen LogP contribution in [0.3, 0.4) is 0 Å². The van der Waals surface area contributed by atoms with Crippen LogP contribution in [-0.4, -0.2) is 13.1 Å². The zero-order chi connectivity index (χ0) is 15.2. The normalized spacial score (nSPS) is 39.1. The molecule has 21 heavy (non-hydrogen) atoms. The first-order valence-electron chi connectivity index (χ1n) is 9.82. The van der Waals surface area contributed by atoms with E-state index >= 15 is 0 Å². The molecule has 1 heteroatoms. The molecular formula is C20H39N. The molecular weight excluding hydrogens is 254 g/mol. The lowest BCUT2D eigenvalue weighted by molar-refractivity contribution is 0.117. The van der Waals surface area contributed by atoms with Crippen LogP contribution in [0.5, 0.6) is 0 Å². The summed E-state index contributed by atoms with van der Waals surface area (Å²) in [6.07, 6.45) is 14.7. The van der Waals surface area contributed by atoms with E-state index in [-0.39, 0.29) is 0 Å². The first-order chi connectivity index (χ1) is 10.2. The molecule has 0 aromatic carbocycles. The molecule has 0 aliphatic heterocycles. The summed E-state index contributed by atoms with van der Waals surface area (Å²) in [6, 6.07) is 0.798. The third-order valence-electron chi connectivity index (χ3n) is 6.85. The maximum atomic E-state index is 3.73. The van der Waals surface area contributed by atoms with Gasteiger partial charge in [0, 0.05) is 6.04 Å². The largest absolute Gasteiger partial charge is 0.316 e. The van der Waals surface area contributed by atoms with Crippen molar-refractivity contribution in [3.8, 4) is 0 Å². The van der Waals surface area contributed by atoms with Gasteiger partial charge in [0.25, 0.3) is 0 Å². The van der Waals surface area contributed by atoms with E-state index in [4.69, 9.17) is 0 Å². The van der Waals surface area contributed by atoms with Gasteiger partial charge in [0.05, 0.1) is 0 Å². The van der Waals surface area contributed by atoms with Crippen LogP contribution >= 0.6 is 0 Å². The predicted molar refractivity (Wildman–Crippen MR) is 93.5 cm³/mol. The third-order valence-corrected chi connectivity index (χ3v) is 6.85. The highest BCUT2D eigenvalue weighted by molar-refractivity contribution is 4.89. The van der Waals surface area contributed by atoms with Gasteiger partial charge in [-0.25, -0.2) is 0 Å². The van der Waals surface area contributed by atoms with Gasteiger partial charge in [0.2, 0.25) is 0 Å². The topological polar surface area (TPSA) is 12.0 Å². The maximum absolute atomic E-state index is 3.73. The molecule has 0 aromatic heterocycles. The molecule has 124 valence electrons. The van der Waals surface area contributed by atoms with Crippen molar-refractivity contribution >= 4 is 0 Å². The van der Waals surface area contributed by atoms with E-state index in [0.29, 0.717) is 0 Å². The molecule has 1 N–H and O–H groups in total. The Labute approximate surface area is 133 Å². The van der Waals surface area contributed by atoms with Crippen molar-refractivity contribution in [3.05, 3.63) is 0 Å². The summed E-state index contributed by atoms with van der Waals surface area (Å²) in [6.45, 7) is 7.26. The molecule has 0 saturated heterocycles. The van der Waals surface area contributed by atoms with Crippen LogP contribution in [0.1, 0.15) is 85.0 Å². The van der Waals surface area contributed by atoms with Gasteiger partial charge >= 0.3 is 0 Å². The molecule has 2 saturated carbocycles. The van der Waals surface area contributed by atoms with E-state index in [9.17, 15) is 0 Å². The minimum absolute atomic E-state index is 0.798. The molecule has 1 nitrogen and oxygen atoms in total. The number of hydrogen-bond donors (Lipinski definition) is 1. The minimum atomic E-state index is 0.798. The second-order valence-corrected chi connectivity index (χ2v) is 8.27. The maximum Gasteiger partial charge on any atom is 0.0121 e. The zero-order valence-electron chi connectivity index (χ0n) is 15.0. The van der Waals surface area contributed by atoms with E-state index in [1.54, 1.807) is 0 Å². The highest BCUT2D eigenvalue weighted by Crippen LogP contribution is 2.41. The van der Waals surface area contributed by atoms with Crippen LogP contribution in [0.4, 0.5) is 0 Å². The fourth-order valence-corrected chi connectivity index (χ4v) is 5.10. The zero-order valence-corrected chi connectivity index (χ0v) is 15.0. The van der Waals surface area contributed by atoms with Crippen LogP contribution < -0.4 is 5.32 Å². The van der Waals surface area contributed by atoms with Crippen molar-refractivity contribution < 1.29 is 0 Å². The predicted octanol–water partition coefficient (Wildman–Crippen LogP) is 5.64. The Morgan fingerprint density at radius 3 is 2.14 bits per heavy atom. The van der Waals surface area contributed by atoms with Gasteiger partial charge in [-0.2, -0.15) is 0 Å². The SMILES string of the molecule is CCCCC1CCC(C(NC)C2CCC(C)C(C)C2)CC1. The van der Waals surface area contributed by atoms with Crippen LogP contribution in [0.15, 0.2) is 0 Å². The Bertz CT molecular complexity index is 280. The lowest BCUT2D eigenvalue weighted by Crippen LogP contribution is -2.44. The quantitative estimate of drug-likeness (QED) is 0.668. The minimum Gasteiger partial charge on any atom is -0.316 e. The van der Waals surface area contributed by atoms with E-state index in [2.05, 4.69) is 33.1 Å². The Kier molecular flexibility index (Phi) is 7.05. The number of hydrogen-bond acceptors (Lipinski definition) is 1. The van der Waals surface area contributed by atoms with Crippen LogP contribution in [0.25, 0.3) is 0 Å². The number of nitrogens with one attached hydrogen (secondary N) is 1. The molecule has 2 aliphatic rings. The van der Waals surface area contributed by atoms with Crippen molar-refractivity contribution in [2.75, 3.05) is 7.05 Å². The molecule has 0 aromatic rings. The molecule has 0 bridgehead atoms. The van der Waals surface area contributed by atoms with Crippen molar-refractivity contribution in [3.63, 3.8) is 0 Å². The van der Waals surface area contributed by atoms with Gasteiger partial charge < -0.3 is 5.32 Å². The highest BCUT2D eigenvalue weighted by atomic mass is 14.9. The molecule has 2 fully saturated rings. The Morgan fingerprint density at radius 1 is 0.905 bits per heavy atom. The molecule has 2 rings (SSSR count). The fraction of sp³-hybridized carbons (Fsp3) is 1.00. The highest BCUT2D eigenvalue weighted by Gasteiger charge is 2.35. The van der Waals surface area contributed by atoms with Gasteiger partial charge in [0.1, 0.15) is 0 Å². The Hall–Kier alpha value is -0.0400. The summed E-state index contributed by atoms with van der Waals surface area (Å²) in [5.74, 6) is 4.82. The third kappa shape index (κ3) is 4.71. The first-order valence-corrected chi connectivity index (χ1v) is 9.82. The summed E-state index contributed by atoms with van der Waals surface area (Å²) in [7, 11) is 2.22. The smallest absolute Gasteiger partial charge is 0.0121 e. The van der Waals surface area contributed by atoms with Gasteiger partial charge in [0.15, 0.2) is 0 Å². The second-order valence-electron chi connectivity index (χ2n) is 8.27. The van der Waals surface area contributed by atoms with Gasteiger partial charge in [-0.3, -0.25) is 0 Å². The lowest BCUT2D eigenvalue weighted by Gasteiger charge is -2.42. The molecule has 0 spiro atoms. The van der Waals surface area contributed by atoms with E-state index < -0.39 is 0 Å². The molecule has 4 unspecified atom stereocenters. The first kappa shape index (κ1) is 17.3. The summed E-state index contributed by atoms with van der Waals surface area (Å²) >= 11 is 0. The molecule has 0 radical (unpaired) electrons. The molecule has 2 aliphatic carbocycles. The molecule has 0 heterocycles. The summed E-state index contributed by atoms with van der Waals surface area (Å²) in [5, 5.41) is 3.73. The van der Waals surface area contributed by atoms with Gasteiger partial charge in [-0.1, -0.05) is 59.3 Å². The fourth-order valence-electron chi connectivity index (χ4n) is 5.10. The molecule has 4 atom stereocenters. The van der Waals surface area contributed by atoms with Crippen LogP contribution in [0, 0.1) is 29.6 Å². The second kappa shape index (κ2) is 8.56. The van der Waals surface area contributed by atoms with E-state index in [1.165, 1.54) is 64.2 Å². The summed E-state index contributed by atoms with van der Waals surface area (Å²) in [4.78, 5) is 0. The number of rotatable bonds is 6. The van der Waals surface area contributed by atoms with Crippen LogP contribution in [-0.2, 0) is 0 Å². The monoisotopic (exact) mass is 293 g/mol. The average Bonchev–Trinajstić information content (AvgIpc) is 2.50. The Morgan fingerprint density at radius 2 is 1.57 bits per heavy atom. The van der Waals surface area contributed by atoms with Crippen molar-refractivity contribution in [1.82, 2.24) is 5.32 Å². The van der Waals surface area contributed by atoms with Gasteiger partial charge in [-0.05, 0) is 62.3 Å². The average molecular weight is 294 g/mol. The standard InChI is InChI=1S/C20H39N/c1-5-6-7-17-9-12-18(13-10-17)20(21-4)19-11-8-15(2)16(3)14-19/h15-21H,5-14H2,1-4H3. The molecule has 0 amide bonds. The van der Waals surface area contributed by atoms with Crippen LogP contribution in [0.2, 0.25) is 0 Å². The van der Waals surface area contributed by atoms with Crippen molar-refractivity contribution in [2.24, 2.45) is 29.6 Å². The summed E-state index contributed by atoms with van der Waals surface area (Å²) in [5.41, 5.74) is 0. The number of unbranched alkanes of at least 4 members (excludes halogenated alkanes) is 1. The van der Waals surface area contributed by atoms with Gasteiger partial charge in [-0.15, -0.1) is 0 Å². The summed E-state index contributed by atoms with van der Waals surface area (Å²) < 4.78 is 0.